The fraction of sp³-hybridized carbons (Fsp3) is 0.923. The van der Waals surface area contributed by atoms with Crippen molar-refractivity contribution in [3.05, 3.63) is 0 Å². The molecule has 0 bridgehead atoms. The van der Waals surface area contributed by atoms with Crippen LogP contribution in [0.3, 0.4) is 0 Å². The van der Waals surface area contributed by atoms with E-state index in [1.165, 1.54) is 0 Å². The van der Waals surface area contributed by atoms with Crippen LogP contribution in [-0.2, 0) is 18.9 Å². The van der Waals surface area contributed by atoms with Crippen molar-refractivity contribution in [1.82, 2.24) is 0 Å². The second kappa shape index (κ2) is 8.71. The van der Waals surface area contributed by atoms with Crippen LogP contribution in [0, 0.1) is 0 Å². The van der Waals surface area contributed by atoms with Gasteiger partial charge in [-0.05, 0) is 0 Å². The van der Waals surface area contributed by atoms with Gasteiger partial charge in [-0.1, -0.05) is 0 Å². The highest BCUT2D eigenvalue weighted by Gasteiger charge is 2.51. The molecule has 0 aromatic heterocycles. The van der Waals surface area contributed by atoms with Crippen molar-refractivity contribution in [3.8, 4) is 0 Å². The first kappa shape index (κ1) is 21.2. The van der Waals surface area contributed by atoms with Crippen LogP contribution in [0.2, 0.25) is 0 Å². The Morgan fingerprint density at radius 1 is 0.808 bits per heavy atom. The van der Waals surface area contributed by atoms with Crippen LogP contribution in [-0.4, -0.2) is 122 Å². The zero-order valence-electron chi connectivity index (χ0n) is 13.3. The van der Waals surface area contributed by atoms with Crippen molar-refractivity contribution in [3.63, 3.8) is 0 Å². The van der Waals surface area contributed by atoms with Gasteiger partial charge in [-0.3, -0.25) is 0 Å². The lowest BCUT2D eigenvalue weighted by Crippen LogP contribution is -2.65. The third-order valence-electron chi connectivity index (χ3n) is 4.19. The molecule has 2 fully saturated rings. The van der Waals surface area contributed by atoms with Crippen LogP contribution in [0.1, 0.15) is 0 Å². The number of carbonyl (C=O) groups is 1. The summed E-state index contributed by atoms with van der Waals surface area (Å²) in [6, 6.07) is 0. The lowest BCUT2D eigenvalue weighted by atomic mass is 9.97. The molecule has 2 rings (SSSR count). The molecule has 0 saturated carbocycles. The van der Waals surface area contributed by atoms with Crippen LogP contribution in [0.15, 0.2) is 0 Å². The molecule has 2 saturated heterocycles. The zero-order chi connectivity index (χ0) is 19.6. The van der Waals surface area contributed by atoms with E-state index in [0.29, 0.717) is 0 Å². The molecule has 2 heterocycles. The molecular weight excluding hydrogens is 364 g/mol. The minimum absolute atomic E-state index is 0.741. The van der Waals surface area contributed by atoms with E-state index in [1.54, 1.807) is 0 Å². The van der Waals surface area contributed by atoms with Gasteiger partial charge >= 0.3 is 6.16 Å². The van der Waals surface area contributed by atoms with Crippen molar-refractivity contribution >= 4 is 6.16 Å². The van der Waals surface area contributed by atoms with Gasteiger partial charge in [0.05, 0.1) is 13.2 Å². The van der Waals surface area contributed by atoms with Crippen molar-refractivity contribution < 1.29 is 64.6 Å². The second-order valence-corrected chi connectivity index (χ2v) is 5.88. The van der Waals surface area contributed by atoms with Crippen LogP contribution < -0.4 is 0 Å². The Balaban J connectivity index is 2.18. The van der Waals surface area contributed by atoms with Crippen LogP contribution in [0.5, 0.6) is 0 Å². The Labute approximate surface area is 146 Å². The molecule has 0 unspecified atom stereocenters. The Kier molecular flexibility index (Phi) is 7.09. The predicted octanol–water partition coefficient (Wildman–Crippen LogP) is -4.69. The van der Waals surface area contributed by atoms with E-state index >= 15 is 0 Å². The average molecular weight is 386 g/mol. The Bertz CT molecular complexity index is 473. The minimum atomic E-state index is -1.88. The maximum Gasteiger partial charge on any atom is 0.506 e. The summed E-state index contributed by atoms with van der Waals surface area (Å²) >= 11 is 0. The topological polar surface area (TPSA) is 216 Å². The van der Waals surface area contributed by atoms with Gasteiger partial charge < -0.3 is 59.8 Å². The highest BCUT2D eigenvalue weighted by Crippen LogP contribution is 2.29. The van der Waals surface area contributed by atoms with Crippen LogP contribution in [0.25, 0.3) is 0 Å². The number of hydrogen-bond acceptors (Lipinski definition) is 12. The largest absolute Gasteiger partial charge is 0.506 e. The number of aliphatic hydroxyl groups is 7. The second-order valence-electron chi connectivity index (χ2n) is 5.88. The number of aliphatic hydroxyl groups excluding tert-OH is 7. The normalized spacial score (nSPS) is 46.7. The fourth-order valence-corrected chi connectivity index (χ4v) is 2.81. The molecule has 2 aliphatic heterocycles. The number of ether oxygens (including phenoxy) is 4. The number of rotatable bonds is 5. The smallest absolute Gasteiger partial charge is 0.450 e. The maximum absolute atomic E-state index is 10.7. The van der Waals surface area contributed by atoms with Crippen LogP contribution in [0.4, 0.5) is 4.79 Å². The van der Waals surface area contributed by atoms with E-state index in [0.717, 1.165) is 0 Å². The van der Waals surface area contributed by atoms with Gasteiger partial charge in [0.1, 0.15) is 42.7 Å². The Morgan fingerprint density at radius 2 is 1.42 bits per heavy atom. The maximum atomic E-state index is 10.7. The zero-order valence-corrected chi connectivity index (χ0v) is 13.3. The molecule has 13 nitrogen and oxygen atoms in total. The molecule has 152 valence electrons. The third-order valence-corrected chi connectivity index (χ3v) is 4.19. The van der Waals surface area contributed by atoms with Gasteiger partial charge in [0.25, 0.3) is 0 Å². The quantitative estimate of drug-likeness (QED) is 0.209. The predicted molar refractivity (Wildman–Crippen MR) is 75.5 cm³/mol. The lowest BCUT2D eigenvalue weighted by Gasteiger charge is -2.45. The van der Waals surface area contributed by atoms with Crippen molar-refractivity contribution in [2.45, 2.75) is 61.4 Å². The Hall–Kier alpha value is -1.13. The summed E-state index contributed by atoms with van der Waals surface area (Å²) in [5, 5.41) is 76.5. The fourth-order valence-electron chi connectivity index (χ4n) is 2.81. The molecule has 26 heavy (non-hydrogen) atoms. The molecule has 0 spiro atoms. The van der Waals surface area contributed by atoms with Gasteiger partial charge in [0.2, 0.25) is 0 Å². The molecule has 0 radical (unpaired) electrons. The monoisotopic (exact) mass is 386 g/mol. The van der Waals surface area contributed by atoms with Crippen molar-refractivity contribution in [2.24, 2.45) is 0 Å². The first-order valence-electron chi connectivity index (χ1n) is 7.69. The van der Waals surface area contributed by atoms with E-state index in [2.05, 4.69) is 4.74 Å². The summed E-state index contributed by atoms with van der Waals surface area (Å²) in [7, 11) is 0. The molecule has 0 aromatic carbocycles. The van der Waals surface area contributed by atoms with Gasteiger partial charge in [0, 0.05) is 0 Å². The SMILES string of the molecule is O=C(O)O[C@@H]1[C@@H](O)[C@@H](O[C@H]2[C@H](O)[C@@H](O)[C@H](O)O[C@@H]2CO)O[C@H](CO)[C@H]1O. The van der Waals surface area contributed by atoms with Gasteiger partial charge in [-0.15, -0.1) is 0 Å². The molecule has 0 amide bonds. The molecule has 8 N–H and O–H groups in total. The standard InChI is InChI=1S/C13H22O13/c14-1-3-5(16)10(26-13(21)22)8(19)12(24-3)25-9-4(2-15)23-11(20)7(18)6(9)17/h3-12,14-20H,1-2H2,(H,21,22)/t3-,4-,5-,6-,7-,8-,9-,10+,11-,12-/m1/s1. The van der Waals surface area contributed by atoms with E-state index < -0.39 is 80.8 Å². The molecular formula is C13H22O13. The van der Waals surface area contributed by atoms with Gasteiger partial charge in [0.15, 0.2) is 18.7 Å². The highest BCUT2D eigenvalue weighted by molar-refractivity contribution is 5.57. The summed E-state index contributed by atoms with van der Waals surface area (Å²) in [6.45, 7) is -1.52. The summed E-state index contributed by atoms with van der Waals surface area (Å²) in [6.07, 6.45) is -18.4. The summed E-state index contributed by atoms with van der Waals surface area (Å²) < 4.78 is 19.7. The molecule has 13 heteroatoms. The molecule has 0 aliphatic carbocycles. The summed E-state index contributed by atoms with van der Waals surface area (Å²) in [5.41, 5.74) is 0. The molecule has 2 aliphatic rings. The Morgan fingerprint density at radius 3 is 1.96 bits per heavy atom. The average Bonchev–Trinajstić information content (AvgIpc) is 2.60. The summed E-state index contributed by atoms with van der Waals surface area (Å²) in [5.74, 6) is 0. The van der Waals surface area contributed by atoms with Crippen molar-refractivity contribution in [2.75, 3.05) is 13.2 Å². The number of carboxylic acid groups (broad SMARTS) is 1. The van der Waals surface area contributed by atoms with E-state index in [4.69, 9.17) is 19.3 Å². The lowest BCUT2D eigenvalue weighted by molar-refractivity contribution is -0.355. The first-order valence-corrected chi connectivity index (χ1v) is 7.69. The van der Waals surface area contributed by atoms with Gasteiger partial charge in [-0.25, -0.2) is 4.79 Å². The van der Waals surface area contributed by atoms with Crippen LogP contribution >= 0.6 is 0 Å². The van der Waals surface area contributed by atoms with Crippen molar-refractivity contribution in [1.29, 1.82) is 0 Å². The number of hydrogen-bond donors (Lipinski definition) is 8. The minimum Gasteiger partial charge on any atom is -0.450 e. The third kappa shape index (κ3) is 4.23. The highest BCUT2D eigenvalue weighted by atomic mass is 16.7. The van der Waals surface area contributed by atoms with E-state index in [-0.39, 0.29) is 0 Å². The molecule has 0 aromatic rings. The summed E-state index contributed by atoms with van der Waals surface area (Å²) in [4.78, 5) is 10.7. The van der Waals surface area contributed by atoms with E-state index in [1.807, 2.05) is 0 Å². The molecule has 10 atom stereocenters. The first-order chi connectivity index (χ1) is 12.2. The van der Waals surface area contributed by atoms with E-state index in [9.17, 15) is 40.5 Å². The van der Waals surface area contributed by atoms with Gasteiger partial charge in [-0.2, -0.15) is 0 Å².